The maximum atomic E-state index is 5.97. The minimum atomic E-state index is 0.351. The van der Waals surface area contributed by atoms with E-state index in [4.69, 9.17) is 11.6 Å². The Morgan fingerprint density at radius 1 is 1.62 bits per heavy atom. The maximum absolute atomic E-state index is 5.97. The molecule has 0 aromatic rings. The van der Waals surface area contributed by atoms with Crippen LogP contribution in [0.25, 0.3) is 0 Å². The molecule has 0 saturated carbocycles. The highest BCUT2D eigenvalue weighted by atomic mass is 35.5. The van der Waals surface area contributed by atoms with Crippen LogP contribution in [0.2, 0.25) is 0 Å². The van der Waals surface area contributed by atoms with E-state index < -0.39 is 0 Å². The van der Waals surface area contributed by atoms with Crippen LogP contribution in [0.5, 0.6) is 0 Å². The van der Waals surface area contributed by atoms with Gasteiger partial charge in [0.15, 0.2) is 0 Å². The number of alkyl halides is 1. The molecule has 16 heavy (non-hydrogen) atoms. The second-order valence-electron chi connectivity index (χ2n) is 4.46. The Labute approximate surface area is 104 Å². The van der Waals surface area contributed by atoms with Crippen LogP contribution in [-0.2, 0) is 0 Å². The number of amidine groups is 1. The molecule has 0 aliphatic carbocycles. The molecule has 0 aromatic heterocycles. The van der Waals surface area contributed by atoms with E-state index in [-0.39, 0.29) is 0 Å². The summed E-state index contributed by atoms with van der Waals surface area (Å²) in [5.41, 5.74) is 1.29. The van der Waals surface area contributed by atoms with E-state index in [0.29, 0.717) is 17.8 Å². The fourth-order valence-electron chi connectivity index (χ4n) is 1.72. The monoisotopic (exact) mass is 243 g/mol. The third kappa shape index (κ3) is 3.41. The highest BCUT2D eigenvalue weighted by Crippen LogP contribution is 2.20. The number of rotatable bonds is 4. The molecule has 0 amide bonds. The van der Waals surface area contributed by atoms with Gasteiger partial charge in [0, 0.05) is 37.1 Å². The van der Waals surface area contributed by atoms with Crippen LogP contribution < -0.4 is 5.32 Å². The van der Waals surface area contributed by atoms with E-state index in [9.17, 15) is 0 Å². The minimum Gasteiger partial charge on any atom is -0.378 e. The molecule has 1 aliphatic heterocycles. The first-order valence-corrected chi connectivity index (χ1v) is 6.41. The van der Waals surface area contributed by atoms with Crippen molar-refractivity contribution in [1.29, 1.82) is 0 Å². The topological polar surface area (TPSA) is 27.6 Å². The first kappa shape index (κ1) is 13.4. The van der Waals surface area contributed by atoms with E-state index in [0.717, 1.165) is 18.9 Å². The summed E-state index contributed by atoms with van der Waals surface area (Å²) in [5.74, 6) is 1.96. The van der Waals surface area contributed by atoms with Crippen molar-refractivity contribution in [3.05, 3.63) is 11.8 Å². The molecular weight excluding hydrogens is 222 g/mol. The highest BCUT2D eigenvalue weighted by Gasteiger charge is 2.20. The second-order valence-corrected chi connectivity index (χ2v) is 4.77. The van der Waals surface area contributed by atoms with Crippen LogP contribution in [-0.4, -0.2) is 42.8 Å². The van der Waals surface area contributed by atoms with Crippen LogP contribution in [0.1, 0.15) is 20.8 Å². The van der Waals surface area contributed by atoms with Gasteiger partial charge in [-0.05, 0) is 26.8 Å². The summed E-state index contributed by atoms with van der Waals surface area (Å²) >= 11 is 5.97. The van der Waals surface area contributed by atoms with E-state index in [1.165, 1.54) is 5.70 Å². The van der Waals surface area contributed by atoms with Crippen molar-refractivity contribution in [3.63, 3.8) is 0 Å². The molecule has 1 atom stereocenters. The van der Waals surface area contributed by atoms with Crippen LogP contribution in [0.3, 0.4) is 0 Å². The van der Waals surface area contributed by atoms with Crippen LogP contribution in [0.15, 0.2) is 16.8 Å². The summed E-state index contributed by atoms with van der Waals surface area (Å²) in [6.07, 6.45) is 2.13. The smallest absolute Gasteiger partial charge is 0.122 e. The van der Waals surface area contributed by atoms with Gasteiger partial charge in [-0.1, -0.05) is 0 Å². The van der Waals surface area contributed by atoms with Crippen molar-refractivity contribution in [1.82, 2.24) is 10.2 Å². The quantitative estimate of drug-likeness (QED) is 0.766. The molecule has 0 spiro atoms. The van der Waals surface area contributed by atoms with Gasteiger partial charge in [0.1, 0.15) is 5.84 Å². The summed E-state index contributed by atoms with van der Waals surface area (Å²) < 4.78 is 0. The Morgan fingerprint density at radius 3 is 2.81 bits per heavy atom. The summed E-state index contributed by atoms with van der Waals surface area (Å²) in [6.45, 7) is 8.16. The zero-order valence-corrected chi connectivity index (χ0v) is 11.4. The number of aliphatic imine (C=N–C) groups is 1. The van der Waals surface area contributed by atoms with Crippen LogP contribution in [0.4, 0.5) is 0 Å². The molecule has 1 unspecified atom stereocenters. The summed E-state index contributed by atoms with van der Waals surface area (Å²) in [4.78, 5) is 6.75. The third-order valence-corrected chi connectivity index (χ3v) is 3.10. The number of nitrogens with one attached hydrogen (secondary N) is 1. The van der Waals surface area contributed by atoms with Gasteiger partial charge in [0.25, 0.3) is 0 Å². The van der Waals surface area contributed by atoms with Gasteiger partial charge in [-0.2, -0.15) is 0 Å². The van der Waals surface area contributed by atoms with Crippen molar-refractivity contribution in [2.75, 3.05) is 26.0 Å². The zero-order valence-electron chi connectivity index (χ0n) is 10.6. The van der Waals surface area contributed by atoms with Gasteiger partial charge in [0.05, 0.1) is 6.54 Å². The Bertz CT molecular complexity index is 284. The van der Waals surface area contributed by atoms with E-state index in [2.05, 4.69) is 49.1 Å². The second kappa shape index (κ2) is 6.14. The molecule has 0 bridgehead atoms. The lowest BCUT2D eigenvalue weighted by atomic mass is 10.0. The van der Waals surface area contributed by atoms with Gasteiger partial charge in [-0.25, -0.2) is 0 Å². The average molecular weight is 244 g/mol. The molecular formula is C12H22ClN3. The highest BCUT2D eigenvalue weighted by molar-refractivity contribution is 6.18. The number of hydrogen-bond donors (Lipinski definition) is 1. The molecule has 1 rings (SSSR count). The normalized spacial score (nSPS) is 20.5. The molecule has 1 aliphatic rings. The van der Waals surface area contributed by atoms with Crippen LogP contribution in [0, 0.1) is 5.92 Å². The maximum Gasteiger partial charge on any atom is 0.122 e. The summed E-state index contributed by atoms with van der Waals surface area (Å²) in [6, 6.07) is 0.413. The molecule has 92 valence electrons. The third-order valence-electron chi connectivity index (χ3n) is 2.72. The number of hydrogen-bond acceptors (Lipinski definition) is 3. The van der Waals surface area contributed by atoms with Crippen molar-refractivity contribution in [2.24, 2.45) is 10.9 Å². The van der Waals surface area contributed by atoms with Gasteiger partial charge >= 0.3 is 0 Å². The first-order valence-electron chi connectivity index (χ1n) is 5.88. The van der Waals surface area contributed by atoms with E-state index in [1.54, 1.807) is 0 Å². The minimum absolute atomic E-state index is 0.351. The van der Waals surface area contributed by atoms with Crippen molar-refractivity contribution >= 4 is 17.4 Å². The Balaban J connectivity index is 2.79. The molecule has 3 nitrogen and oxygen atoms in total. The molecule has 0 saturated heterocycles. The van der Waals surface area contributed by atoms with E-state index >= 15 is 0 Å². The van der Waals surface area contributed by atoms with Gasteiger partial charge in [-0.15, -0.1) is 11.6 Å². The van der Waals surface area contributed by atoms with Gasteiger partial charge in [0.2, 0.25) is 0 Å². The average Bonchev–Trinajstić information content (AvgIpc) is 2.27. The number of dihydropyridines is 1. The lowest BCUT2D eigenvalue weighted by Crippen LogP contribution is -2.36. The van der Waals surface area contributed by atoms with Crippen molar-refractivity contribution < 1.29 is 0 Å². The Morgan fingerprint density at radius 2 is 2.31 bits per heavy atom. The summed E-state index contributed by atoms with van der Waals surface area (Å²) in [7, 11) is 2.10. The lowest BCUT2D eigenvalue weighted by Gasteiger charge is -2.30. The molecule has 1 N–H and O–H groups in total. The molecule has 0 fully saturated rings. The van der Waals surface area contributed by atoms with Crippen LogP contribution >= 0.6 is 11.6 Å². The Hall–Kier alpha value is -0.700. The van der Waals surface area contributed by atoms with E-state index in [1.807, 2.05) is 0 Å². The lowest BCUT2D eigenvalue weighted by molar-refractivity contribution is 0.385. The molecule has 1 heterocycles. The predicted molar refractivity (Wildman–Crippen MR) is 71.2 cm³/mol. The molecule has 0 aromatic carbocycles. The summed E-state index contributed by atoms with van der Waals surface area (Å²) in [5, 5.41) is 3.34. The van der Waals surface area contributed by atoms with Crippen molar-refractivity contribution in [3.8, 4) is 0 Å². The fraction of sp³-hybridized carbons (Fsp3) is 0.750. The SMILES string of the molecule is CCN(C)C1=CC(NC(C)C)=NCC1CCl. The first-order chi connectivity index (χ1) is 7.58. The largest absolute Gasteiger partial charge is 0.378 e. The number of halogens is 1. The Kier molecular flexibility index (Phi) is 5.13. The number of nitrogens with zero attached hydrogens (tertiary/aromatic N) is 2. The molecule has 0 radical (unpaired) electrons. The standard InChI is InChI=1S/C12H22ClN3/c1-5-16(4)11-6-12(15-9(2)3)14-8-10(11)7-13/h6,9-10H,5,7-8H2,1-4H3,(H,14,15). The van der Waals surface area contributed by atoms with Crippen molar-refractivity contribution in [2.45, 2.75) is 26.8 Å². The fourth-order valence-corrected chi connectivity index (χ4v) is 1.98. The predicted octanol–water partition coefficient (Wildman–Crippen LogP) is 2.09. The van der Waals surface area contributed by atoms with Gasteiger partial charge in [-0.3, -0.25) is 4.99 Å². The zero-order chi connectivity index (χ0) is 12.1. The molecule has 4 heteroatoms. The van der Waals surface area contributed by atoms with Gasteiger partial charge < -0.3 is 10.2 Å².